The maximum atomic E-state index is 10.9. The van der Waals surface area contributed by atoms with Gasteiger partial charge in [0, 0.05) is 57.9 Å². The predicted octanol–water partition coefficient (Wildman–Crippen LogP) is 3.49. The van der Waals surface area contributed by atoms with Crippen molar-refractivity contribution in [2.24, 2.45) is 0 Å². The Labute approximate surface area is 219 Å². The molecule has 3 heterocycles. The topological polar surface area (TPSA) is 87.6 Å². The first kappa shape index (κ1) is 27.3. The molecule has 202 valence electrons. The lowest BCUT2D eigenvalue weighted by atomic mass is 10.1. The number of ether oxygens (including phenoxy) is 2. The van der Waals surface area contributed by atoms with E-state index >= 15 is 0 Å². The van der Waals surface area contributed by atoms with Gasteiger partial charge in [-0.05, 0) is 26.0 Å². The Bertz CT molecular complexity index is 1030. The number of aliphatic hydroxyl groups excluding tert-OH is 1. The van der Waals surface area contributed by atoms with Crippen molar-refractivity contribution >= 4 is 5.88 Å². The van der Waals surface area contributed by atoms with Gasteiger partial charge in [0.25, 0.3) is 0 Å². The van der Waals surface area contributed by atoms with Crippen LogP contribution >= 0.6 is 0 Å². The highest BCUT2D eigenvalue weighted by molar-refractivity contribution is 5.68. The summed E-state index contributed by atoms with van der Waals surface area (Å²) in [5, 5.41) is 15.4. The second-order valence-corrected chi connectivity index (χ2v) is 9.82. The largest absolute Gasteiger partial charge is 0.467 e. The van der Waals surface area contributed by atoms with Crippen LogP contribution in [0.3, 0.4) is 0 Å². The third-order valence-corrected chi connectivity index (χ3v) is 6.73. The molecule has 1 fully saturated rings. The SMILES string of the molecule is CC(C)N(C)c1onc(-c2ccccc2)c1CN(CCN1CCOCC1)CC(O)COCc1ccco1. The third kappa shape index (κ3) is 7.90. The summed E-state index contributed by atoms with van der Waals surface area (Å²) in [6.07, 6.45) is 0.975. The summed E-state index contributed by atoms with van der Waals surface area (Å²) in [6, 6.07) is 14.1. The lowest BCUT2D eigenvalue weighted by Crippen LogP contribution is -2.43. The minimum absolute atomic E-state index is 0.225. The van der Waals surface area contributed by atoms with E-state index in [1.807, 2.05) is 37.4 Å². The van der Waals surface area contributed by atoms with E-state index in [2.05, 4.69) is 45.8 Å². The van der Waals surface area contributed by atoms with Crippen molar-refractivity contribution in [2.75, 3.05) is 64.5 Å². The second-order valence-electron chi connectivity index (χ2n) is 9.82. The van der Waals surface area contributed by atoms with Crippen LogP contribution in [0.4, 0.5) is 5.88 Å². The molecule has 9 heteroatoms. The highest BCUT2D eigenvalue weighted by atomic mass is 16.5. The molecule has 0 bridgehead atoms. The number of aromatic nitrogens is 1. The van der Waals surface area contributed by atoms with E-state index in [1.54, 1.807) is 6.26 Å². The van der Waals surface area contributed by atoms with Crippen LogP contribution in [0.5, 0.6) is 0 Å². The molecule has 4 rings (SSSR count). The first-order valence-corrected chi connectivity index (χ1v) is 13.1. The number of benzene rings is 1. The van der Waals surface area contributed by atoms with Gasteiger partial charge in [0.2, 0.25) is 5.88 Å². The van der Waals surface area contributed by atoms with Crippen LogP contribution in [0, 0.1) is 0 Å². The van der Waals surface area contributed by atoms with Crippen LogP contribution in [0.25, 0.3) is 11.3 Å². The lowest BCUT2D eigenvalue weighted by molar-refractivity contribution is -0.00150. The number of rotatable bonds is 14. The van der Waals surface area contributed by atoms with E-state index in [4.69, 9.17) is 18.4 Å². The molecular formula is C28H40N4O5. The number of anilines is 1. The zero-order valence-electron chi connectivity index (χ0n) is 22.2. The van der Waals surface area contributed by atoms with Gasteiger partial charge in [0.15, 0.2) is 0 Å². The molecular weight excluding hydrogens is 472 g/mol. The number of hydrogen-bond donors (Lipinski definition) is 1. The summed E-state index contributed by atoms with van der Waals surface area (Å²) in [6.45, 7) is 10.9. The maximum Gasteiger partial charge on any atom is 0.232 e. The normalized spacial score (nSPS) is 15.5. The molecule has 37 heavy (non-hydrogen) atoms. The Hall–Kier alpha value is -2.69. The van der Waals surface area contributed by atoms with Crippen LogP contribution in [0.15, 0.2) is 57.7 Å². The zero-order valence-corrected chi connectivity index (χ0v) is 22.2. The van der Waals surface area contributed by atoms with Crippen LogP contribution in [-0.4, -0.2) is 91.8 Å². The van der Waals surface area contributed by atoms with Gasteiger partial charge in [-0.15, -0.1) is 0 Å². The highest BCUT2D eigenvalue weighted by Crippen LogP contribution is 2.32. The fourth-order valence-corrected chi connectivity index (χ4v) is 4.38. The summed E-state index contributed by atoms with van der Waals surface area (Å²) in [5.41, 5.74) is 2.87. The van der Waals surface area contributed by atoms with Crippen molar-refractivity contribution in [1.82, 2.24) is 15.0 Å². The maximum absolute atomic E-state index is 10.9. The minimum atomic E-state index is -0.647. The molecule has 0 amide bonds. The van der Waals surface area contributed by atoms with Crippen molar-refractivity contribution in [3.8, 4) is 11.3 Å². The van der Waals surface area contributed by atoms with E-state index in [1.165, 1.54) is 0 Å². The molecule has 3 aromatic rings. The molecule has 0 saturated carbocycles. The molecule has 1 atom stereocenters. The molecule has 1 unspecified atom stereocenters. The molecule has 2 aromatic heterocycles. The third-order valence-electron chi connectivity index (χ3n) is 6.73. The van der Waals surface area contributed by atoms with Crippen molar-refractivity contribution in [3.05, 3.63) is 60.1 Å². The van der Waals surface area contributed by atoms with Gasteiger partial charge >= 0.3 is 0 Å². The molecule has 0 aliphatic carbocycles. The average molecular weight is 513 g/mol. The molecule has 0 spiro atoms. The predicted molar refractivity (Wildman–Crippen MR) is 142 cm³/mol. The van der Waals surface area contributed by atoms with E-state index in [-0.39, 0.29) is 12.6 Å². The summed E-state index contributed by atoms with van der Waals surface area (Å²) >= 11 is 0. The first-order chi connectivity index (χ1) is 18.0. The van der Waals surface area contributed by atoms with Gasteiger partial charge in [-0.1, -0.05) is 35.5 Å². The quantitative estimate of drug-likeness (QED) is 0.349. The number of hydrogen-bond acceptors (Lipinski definition) is 9. The molecule has 1 aliphatic heterocycles. The molecule has 1 aliphatic rings. The average Bonchev–Trinajstić information content (AvgIpc) is 3.58. The number of furan rings is 1. The van der Waals surface area contributed by atoms with E-state index in [9.17, 15) is 5.11 Å². The van der Waals surface area contributed by atoms with E-state index < -0.39 is 6.10 Å². The summed E-state index contributed by atoms with van der Waals surface area (Å²) in [5.74, 6) is 1.50. The molecule has 1 N–H and O–H groups in total. The Morgan fingerprint density at radius 1 is 1.11 bits per heavy atom. The van der Waals surface area contributed by atoms with E-state index in [0.717, 1.165) is 67.9 Å². The van der Waals surface area contributed by atoms with E-state index in [0.29, 0.717) is 19.7 Å². The Morgan fingerprint density at radius 2 is 1.89 bits per heavy atom. The molecule has 1 aromatic carbocycles. The Morgan fingerprint density at radius 3 is 2.59 bits per heavy atom. The van der Waals surface area contributed by atoms with Crippen LogP contribution in [-0.2, 0) is 22.6 Å². The standard InChI is InChI=1S/C28H40N4O5/c1-22(2)30(3)28-26(27(29-37-28)23-8-5-4-6-9-23)19-32(12-11-31-13-16-34-17-14-31)18-24(33)20-35-21-25-10-7-15-36-25/h4-10,15,22,24,33H,11-14,16-21H2,1-3H3. The van der Waals surface area contributed by atoms with Gasteiger partial charge in [-0.25, -0.2) is 0 Å². The van der Waals surface area contributed by atoms with Crippen molar-refractivity contribution in [1.29, 1.82) is 0 Å². The Balaban J connectivity index is 1.50. The fourth-order valence-electron chi connectivity index (χ4n) is 4.38. The lowest BCUT2D eigenvalue weighted by Gasteiger charge is -2.31. The van der Waals surface area contributed by atoms with Gasteiger partial charge in [0.05, 0.1) is 37.8 Å². The number of aliphatic hydroxyl groups is 1. The smallest absolute Gasteiger partial charge is 0.232 e. The zero-order chi connectivity index (χ0) is 26.0. The second kappa shape index (κ2) is 13.7. The van der Waals surface area contributed by atoms with Crippen LogP contribution in [0.1, 0.15) is 25.2 Å². The number of morpholine rings is 1. The summed E-state index contributed by atoms with van der Waals surface area (Å²) < 4.78 is 22.5. The number of nitrogens with zero attached hydrogens (tertiary/aromatic N) is 4. The highest BCUT2D eigenvalue weighted by Gasteiger charge is 2.25. The van der Waals surface area contributed by atoms with Gasteiger partial charge < -0.3 is 28.4 Å². The van der Waals surface area contributed by atoms with Crippen LogP contribution in [0.2, 0.25) is 0 Å². The molecule has 9 nitrogen and oxygen atoms in total. The van der Waals surface area contributed by atoms with Crippen molar-refractivity contribution in [2.45, 2.75) is 39.1 Å². The summed E-state index contributed by atoms with van der Waals surface area (Å²) in [4.78, 5) is 6.79. The van der Waals surface area contributed by atoms with Gasteiger partial charge in [-0.3, -0.25) is 9.80 Å². The first-order valence-electron chi connectivity index (χ1n) is 13.1. The minimum Gasteiger partial charge on any atom is -0.467 e. The summed E-state index contributed by atoms with van der Waals surface area (Å²) in [7, 11) is 2.03. The Kier molecular flexibility index (Phi) is 10.2. The van der Waals surface area contributed by atoms with Gasteiger partial charge in [0.1, 0.15) is 18.1 Å². The van der Waals surface area contributed by atoms with Crippen molar-refractivity contribution in [3.63, 3.8) is 0 Å². The fraction of sp³-hybridized carbons (Fsp3) is 0.536. The van der Waals surface area contributed by atoms with Crippen molar-refractivity contribution < 1.29 is 23.5 Å². The molecule has 0 radical (unpaired) electrons. The monoisotopic (exact) mass is 512 g/mol. The van der Waals surface area contributed by atoms with Gasteiger partial charge in [-0.2, -0.15) is 0 Å². The van der Waals surface area contributed by atoms with Crippen LogP contribution < -0.4 is 4.90 Å². The molecule has 1 saturated heterocycles.